The van der Waals surface area contributed by atoms with Gasteiger partial charge in [0.05, 0.1) is 18.0 Å². The van der Waals surface area contributed by atoms with Crippen LogP contribution < -0.4 is 4.74 Å². The summed E-state index contributed by atoms with van der Waals surface area (Å²) in [7, 11) is 0. The molecule has 0 unspecified atom stereocenters. The first-order valence-electron chi connectivity index (χ1n) is 6.17. The van der Waals surface area contributed by atoms with Gasteiger partial charge in [0, 0.05) is 11.8 Å². The monoisotopic (exact) mass is 275 g/mol. The van der Waals surface area contributed by atoms with Gasteiger partial charge in [0.2, 0.25) is 0 Å². The van der Waals surface area contributed by atoms with Crippen LogP contribution in [0.25, 0.3) is 11.3 Å². The molecule has 0 fully saturated rings. The van der Waals surface area contributed by atoms with Crippen molar-refractivity contribution < 1.29 is 4.74 Å². The molecule has 0 aromatic carbocycles. The van der Waals surface area contributed by atoms with Crippen LogP contribution in [0.2, 0.25) is 0 Å². The number of hydrogen-bond acceptors (Lipinski definition) is 4. The highest BCUT2D eigenvalue weighted by Gasteiger charge is 2.09. The van der Waals surface area contributed by atoms with Gasteiger partial charge in [-0.25, -0.2) is 0 Å². The zero-order chi connectivity index (χ0) is 14.0. The molecule has 0 saturated carbocycles. The van der Waals surface area contributed by atoms with E-state index in [1.807, 2.05) is 33.8 Å². The average molecular weight is 275 g/mol. The molecule has 2 heterocycles. The molecule has 0 bridgehead atoms. The summed E-state index contributed by atoms with van der Waals surface area (Å²) in [6.45, 7) is 7.97. The van der Waals surface area contributed by atoms with Crippen LogP contribution in [0.5, 0.6) is 5.75 Å². The van der Waals surface area contributed by atoms with E-state index in [0.717, 1.165) is 28.1 Å². The van der Waals surface area contributed by atoms with Crippen molar-refractivity contribution >= 4 is 12.2 Å². The number of H-pyrrole nitrogens is 1. The maximum Gasteiger partial charge on any atom is 0.138 e. The summed E-state index contributed by atoms with van der Waals surface area (Å²) >= 11 is 5.17. The second kappa shape index (κ2) is 5.48. The van der Waals surface area contributed by atoms with E-state index >= 15 is 0 Å². The van der Waals surface area contributed by atoms with Crippen molar-refractivity contribution in [1.29, 1.82) is 0 Å². The van der Waals surface area contributed by atoms with E-state index in [0.29, 0.717) is 4.64 Å². The molecule has 0 amide bonds. The lowest BCUT2D eigenvalue weighted by Gasteiger charge is -2.11. The average Bonchev–Trinajstić information content (AvgIpc) is 2.36. The Bertz CT molecular complexity index is 649. The number of nitrogens with zero attached hydrogens (tertiary/aromatic N) is 2. The quantitative estimate of drug-likeness (QED) is 0.869. The third kappa shape index (κ3) is 2.98. The van der Waals surface area contributed by atoms with Crippen molar-refractivity contribution in [3.05, 3.63) is 34.2 Å². The van der Waals surface area contributed by atoms with E-state index in [9.17, 15) is 0 Å². The standard InChI is InChI=1S/C14H17N3OS/c1-8(2)18-12-5-11(6-15-7-12)13-9(3)10(4)14(19)17-16-13/h5-8H,1-4H3,(H,17,19). The van der Waals surface area contributed by atoms with Crippen LogP contribution in [-0.4, -0.2) is 21.3 Å². The highest BCUT2D eigenvalue weighted by Crippen LogP contribution is 2.25. The fraction of sp³-hybridized carbons (Fsp3) is 0.357. The number of hydrogen-bond donors (Lipinski definition) is 1. The van der Waals surface area contributed by atoms with Gasteiger partial charge in [-0.05, 0) is 44.9 Å². The Kier molecular flexibility index (Phi) is 3.95. The second-order valence-corrected chi connectivity index (χ2v) is 5.14. The van der Waals surface area contributed by atoms with Crippen LogP contribution in [0, 0.1) is 18.5 Å². The molecule has 4 nitrogen and oxygen atoms in total. The number of rotatable bonds is 3. The van der Waals surface area contributed by atoms with Gasteiger partial charge in [0.25, 0.3) is 0 Å². The molecule has 0 atom stereocenters. The van der Waals surface area contributed by atoms with Crippen LogP contribution in [0.1, 0.15) is 25.0 Å². The van der Waals surface area contributed by atoms with Gasteiger partial charge in [-0.2, -0.15) is 5.10 Å². The fourth-order valence-corrected chi connectivity index (χ4v) is 1.99. The van der Waals surface area contributed by atoms with E-state index in [2.05, 4.69) is 15.2 Å². The summed E-state index contributed by atoms with van der Waals surface area (Å²) in [5, 5.41) is 7.17. The lowest BCUT2D eigenvalue weighted by Crippen LogP contribution is -2.06. The largest absolute Gasteiger partial charge is 0.489 e. The molecule has 100 valence electrons. The van der Waals surface area contributed by atoms with Gasteiger partial charge in [-0.1, -0.05) is 12.2 Å². The minimum atomic E-state index is 0.120. The Morgan fingerprint density at radius 1 is 1.21 bits per heavy atom. The van der Waals surface area contributed by atoms with Gasteiger partial charge in [0.15, 0.2) is 0 Å². The van der Waals surface area contributed by atoms with Crippen molar-refractivity contribution in [2.45, 2.75) is 33.8 Å². The molecule has 2 aromatic rings. The molecular weight excluding hydrogens is 258 g/mol. The molecule has 0 saturated heterocycles. The van der Waals surface area contributed by atoms with Crippen molar-refractivity contribution in [3.63, 3.8) is 0 Å². The molecule has 0 spiro atoms. The van der Waals surface area contributed by atoms with Crippen LogP contribution in [0.3, 0.4) is 0 Å². The number of ether oxygens (including phenoxy) is 1. The SMILES string of the molecule is Cc1c(-c2cncc(OC(C)C)c2)n[nH]c(=S)c1C. The summed E-state index contributed by atoms with van der Waals surface area (Å²) in [6, 6.07) is 1.94. The highest BCUT2D eigenvalue weighted by molar-refractivity contribution is 7.71. The van der Waals surface area contributed by atoms with Gasteiger partial charge in [0.1, 0.15) is 10.4 Å². The molecule has 5 heteroatoms. The van der Waals surface area contributed by atoms with Gasteiger partial charge in [-0.15, -0.1) is 0 Å². The molecular formula is C14H17N3OS. The molecule has 0 radical (unpaired) electrons. The second-order valence-electron chi connectivity index (χ2n) is 4.73. The fourth-order valence-electron chi connectivity index (χ4n) is 1.79. The Morgan fingerprint density at radius 3 is 2.63 bits per heavy atom. The molecule has 2 aromatic heterocycles. The lowest BCUT2D eigenvalue weighted by atomic mass is 10.1. The maximum atomic E-state index is 5.65. The minimum Gasteiger partial charge on any atom is -0.489 e. The maximum absolute atomic E-state index is 5.65. The molecule has 0 aliphatic rings. The zero-order valence-corrected chi connectivity index (χ0v) is 12.3. The van der Waals surface area contributed by atoms with E-state index in [4.69, 9.17) is 17.0 Å². The Morgan fingerprint density at radius 2 is 1.95 bits per heavy atom. The Hall–Kier alpha value is -1.75. The van der Waals surface area contributed by atoms with E-state index in [1.54, 1.807) is 12.4 Å². The van der Waals surface area contributed by atoms with Crippen molar-refractivity contribution in [2.24, 2.45) is 0 Å². The lowest BCUT2D eigenvalue weighted by molar-refractivity contribution is 0.241. The Balaban J connectivity index is 2.48. The number of pyridine rings is 1. The topological polar surface area (TPSA) is 50.8 Å². The molecule has 0 aliphatic carbocycles. The van der Waals surface area contributed by atoms with E-state index in [1.165, 1.54) is 0 Å². The minimum absolute atomic E-state index is 0.120. The zero-order valence-electron chi connectivity index (χ0n) is 11.5. The van der Waals surface area contributed by atoms with Crippen molar-refractivity contribution in [3.8, 4) is 17.0 Å². The summed E-state index contributed by atoms with van der Waals surface area (Å²) < 4.78 is 6.32. The molecule has 1 N–H and O–H groups in total. The first-order chi connectivity index (χ1) is 8.99. The molecule has 2 rings (SSSR count). The summed E-state index contributed by atoms with van der Waals surface area (Å²) in [6.07, 6.45) is 3.60. The number of nitrogens with one attached hydrogen (secondary N) is 1. The number of aromatic nitrogens is 3. The third-order valence-electron chi connectivity index (χ3n) is 2.89. The first kappa shape index (κ1) is 13.7. The number of aromatic amines is 1. The molecule has 0 aliphatic heterocycles. The predicted octanol–water partition coefficient (Wildman–Crippen LogP) is 3.61. The van der Waals surface area contributed by atoms with E-state index in [-0.39, 0.29) is 6.10 Å². The van der Waals surface area contributed by atoms with Crippen molar-refractivity contribution in [1.82, 2.24) is 15.2 Å². The normalized spacial score (nSPS) is 10.8. The van der Waals surface area contributed by atoms with Gasteiger partial charge >= 0.3 is 0 Å². The highest BCUT2D eigenvalue weighted by atomic mass is 32.1. The molecule has 19 heavy (non-hydrogen) atoms. The van der Waals surface area contributed by atoms with Crippen molar-refractivity contribution in [2.75, 3.05) is 0 Å². The summed E-state index contributed by atoms with van der Waals surface area (Å²) in [5.74, 6) is 0.744. The van der Waals surface area contributed by atoms with Crippen LogP contribution in [0.4, 0.5) is 0 Å². The first-order valence-corrected chi connectivity index (χ1v) is 6.58. The smallest absolute Gasteiger partial charge is 0.138 e. The van der Waals surface area contributed by atoms with Crippen LogP contribution in [0.15, 0.2) is 18.5 Å². The van der Waals surface area contributed by atoms with Crippen LogP contribution in [-0.2, 0) is 0 Å². The summed E-state index contributed by atoms with van der Waals surface area (Å²) in [5.41, 5.74) is 3.88. The summed E-state index contributed by atoms with van der Waals surface area (Å²) in [4.78, 5) is 4.20. The Labute approximate surface area is 117 Å². The predicted molar refractivity (Wildman–Crippen MR) is 77.9 cm³/mol. The van der Waals surface area contributed by atoms with Gasteiger partial charge in [-0.3, -0.25) is 10.1 Å². The third-order valence-corrected chi connectivity index (χ3v) is 3.28. The van der Waals surface area contributed by atoms with E-state index < -0.39 is 0 Å². The van der Waals surface area contributed by atoms with Crippen LogP contribution >= 0.6 is 12.2 Å². The van der Waals surface area contributed by atoms with Gasteiger partial charge < -0.3 is 4.74 Å².